The first-order valence-corrected chi connectivity index (χ1v) is 20.2. The number of benzene rings is 2. The predicted molar refractivity (Wildman–Crippen MR) is 248 cm³/mol. The van der Waals surface area contributed by atoms with Crippen LogP contribution in [-0.4, -0.2) is 0 Å². The molecule has 0 amide bonds. The molecule has 0 heteroatoms. The third-order valence-electron chi connectivity index (χ3n) is 10.8. The molecule has 0 saturated heterocycles. The Labute approximate surface area is 338 Å². The fraction of sp³-hybridized carbons (Fsp3) is 0.214. The van der Waals surface area contributed by atoms with Crippen LogP contribution < -0.4 is 0 Å². The van der Waals surface area contributed by atoms with E-state index in [2.05, 4.69) is 227 Å². The fourth-order valence-corrected chi connectivity index (χ4v) is 7.23. The quantitative estimate of drug-likeness (QED) is 0.237. The van der Waals surface area contributed by atoms with Gasteiger partial charge in [0.1, 0.15) is 0 Å². The van der Waals surface area contributed by atoms with Gasteiger partial charge in [-0.05, 0) is 143 Å². The number of hydrogen-bond donors (Lipinski definition) is 0. The standard InChI is InChI=1S/2C28H30/c2*1-20(2)26-18-16-22(4)28-23(5)25(17-15-21(3)27(28)19-26)14-10-9-13-24-11-7-6-8-12-24/h2*6-20H,1-5H3/b2*13-9+,14-10-. The molecule has 0 fully saturated rings. The van der Waals surface area contributed by atoms with Crippen LogP contribution in [0.15, 0.2) is 236 Å². The minimum Gasteiger partial charge on any atom is -0.0622 e. The van der Waals surface area contributed by atoms with Gasteiger partial charge >= 0.3 is 0 Å². The highest BCUT2D eigenvalue weighted by Crippen LogP contribution is 2.39. The first-order chi connectivity index (χ1) is 26.9. The SMILES string of the molecule is CC1=CC=C(/C=C\C=C\c2ccccc2)C(C)=C2C(C)=CC=C(C(C)C)C=C12.CC1=CC=C(/C=C\C=C\c2ccccc2)C(C)=C2C(C)=CC=C(C(C)C)C=C12. The van der Waals surface area contributed by atoms with Gasteiger partial charge in [0.25, 0.3) is 0 Å². The number of allylic oxidation sites excluding steroid dienone is 30. The average Bonchev–Trinajstić information content (AvgIpc) is 3.58. The summed E-state index contributed by atoms with van der Waals surface area (Å²) in [5.41, 5.74) is 21.1. The summed E-state index contributed by atoms with van der Waals surface area (Å²) in [4.78, 5) is 0. The molecule has 0 unspecified atom stereocenters. The molecule has 0 aliphatic heterocycles. The zero-order valence-electron chi connectivity index (χ0n) is 35.3. The molecule has 4 aliphatic rings. The van der Waals surface area contributed by atoms with E-state index in [0.717, 1.165) is 0 Å². The van der Waals surface area contributed by atoms with E-state index in [1.807, 2.05) is 12.1 Å². The van der Waals surface area contributed by atoms with Gasteiger partial charge in [0.15, 0.2) is 0 Å². The van der Waals surface area contributed by atoms with Crippen molar-refractivity contribution < 1.29 is 0 Å². The lowest BCUT2D eigenvalue weighted by atomic mass is 9.88. The van der Waals surface area contributed by atoms with E-state index < -0.39 is 0 Å². The van der Waals surface area contributed by atoms with Crippen LogP contribution in [-0.2, 0) is 0 Å². The average molecular weight is 733 g/mol. The normalized spacial score (nSPS) is 17.7. The van der Waals surface area contributed by atoms with Gasteiger partial charge in [-0.25, -0.2) is 0 Å². The van der Waals surface area contributed by atoms with Crippen LogP contribution in [0.2, 0.25) is 0 Å². The Kier molecular flexibility index (Phi) is 14.6. The van der Waals surface area contributed by atoms with Crippen molar-refractivity contribution in [3.8, 4) is 0 Å². The third-order valence-corrected chi connectivity index (χ3v) is 10.8. The lowest BCUT2D eigenvalue weighted by Crippen LogP contribution is -1.98. The topological polar surface area (TPSA) is 0 Å². The molecule has 0 N–H and O–H groups in total. The number of fused-ring (bicyclic) bond motifs is 2. The Balaban J connectivity index is 0.000000214. The predicted octanol–water partition coefficient (Wildman–Crippen LogP) is 15.9. The van der Waals surface area contributed by atoms with Gasteiger partial charge in [-0.1, -0.05) is 198 Å². The molecule has 6 rings (SSSR count). The molecule has 56 heavy (non-hydrogen) atoms. The van der Waals surface area contributed by atoms with Crippen LogP contribution in [0.4, 0.5) is 0 Å². The fourth-order valence-electron chi connectivity index (χ4n) is 7.23. The molecule has 0 spiro atoms. The smallest absolute Gasteiger partial charge is 0.0117 e. The van der Waals surface area contributed by atoms with E-state index in [1.165, 1.54) is 89.2 Å². The summed E-state index contributed by atoms with van der Waals surface area (Å²) in [5, 5.41) is 0. The maximum absolute atomic E-state index is 2.37. The summed E-state index contributed by atoms with van der Waals surface area (Å²) in [6, 6.07) is 20.8. The maximum Gasteiger partial charge on any atom is -0.0117 e. The minimum atomic E-state index is 0.516. The van der Waals surface area contributed by atoms with Crippen LogP contribution in [0.25, 0.3) is 12.2 Å². The largest absolute Gasteiger partial charge is 0.0622 e. The molecule has 0 heterocycles. The molecule has 0 nitrogen and oxygen atoms in total. The van der Waals surface area contributed by atoms with Crippen molar-refractivity contribution in [1.29, 1.82) is 0 Å². The highest BCUT2D eigenvalue weighted by Gasteiger charge is 2.21. The monoisotopic (exact) mass is 732 g/mol. The van der Waals surface area contributed by atoms with Crippen molar-refractivity contribution in [2.45, 2.75) is 69.2 Å². The first-order valence-electron chi connectivity index (χ1n) is 20.2. The number of hydrogen-bond acceptors (Lipinski definition) is 0. The molecule has 0 atom stereocenters. The summed E-state index contributed by atoms with van der Waals surface area (Å²) in [7, 11) is 0. The van der Waals surface area contributed by atoms with E-state index >= 15 is 0 Å². The van der Waals surface area contributed by atoms with Crippen LogP contribution in [0.1, 0.15) is 80.4 Å². The zero-order chi connectivity index (χ0) is 40.2. The molecule has 284 valence electrons. The van der Waals surface area contributed by atoms with Crippen LogP contribution in [0.5, 0.6) is 0 Å². The van der Waals surface area contributed by atoms with Gasteiger partial charge < -0.3 is 0 Å². The van der Waals surface area contributed by atoms with Crippen LogP contribution in [0, 0.1) is 11.8 Å². The maximum atomic E-state index is 2.37. The van der Waals surface area contributed by atoms with E-state index in [9.17, 15) is 0 Å². The molecule has 2 aromatic rings. The molecular weight excluding hydrogens is 673 g/mol. The van der Waals surface area contributed by atoms with Gasteiger partial charge in [0, 0.05) is 0 Å². The highest BCUT2D eigenvalue weighted by atomic mass is 14.2. The van der Waals surface area contributed by atoms with Crippen molar-refractivity contribution in [3.05, 3.63) is 247 Å². The summed E-state index contributed by atoms with van der Waals surface area (Å²) < 4.78 is 0. The lowest BCUT2D eigenvalue weighted by Gasteiger charge is -2.16. The summed E-state index contributed by atoms with van der Waals surface area (Å²) >= 11 is 0. The van der Waals surface area contributed by atoms with E-state index in [-0.39, 0.29) is 0 Å². The second-order valence-corrected chi connectivity index (χ2v) is 15.7. The van der Waals surface area contributed by atoms with Crippen LogP contribution >= 0.6 is 0 Å². The Morgan fingerprint density at radius 3 is 1.07 bits per heavy atom. The molecule has 0 aromatic heterocycles. The van der Waals surface area contributed by atoms with Gasteiger partial charge in [-0.2, -0.15) is 0 Å². The summed E-state index contributed by atoms with van der Waals surface area (Å²) in [6.07, 6.45) is 40.0. The van der Waals surface area contributed by atoms with Crippen molar-refractivity contribution in [2.75, 3.05) is 0 Å². The summed E-state index contributed by atoms with van der Waals surface area (Å²) in [5.74, 6) is 1.03. The van der Waals surface area contributed by atoms with Gasteiger partial charge in [0.2, 0.25) is 0 Å². The Bertz CT molecular complexity index is 2120. The molecule has 0 bridgehead atoms. The number of rotatable bonds is 8. The van der Waals surface area contributed by atoms with Gasteiger partial charge in [0.05, 0.1) is 0 Å². The molecular formula is C56H60. The van der Waals surface area contributed by atoms with Crippen molar-refractivity contribution >= 4 is 12.2 Å². The van der Waals surface area contributed by atoms with Gasteiger partial charge in [-0.3, -0.25) is 0 Å². The first kappa shape index (κ1) is 41.4. The van der Waals surface area contributed by atoms with Gasteiger partial charge in [-0.15, -0.1) is 0 Å². The van der Waals surface area contributed by atoms with Crippen molar-refractivity contribution in [3.63, 3.8) is 0 Å². The molecule has 2 aromatic carbocycles. The third kappa shape index (κ3) is 10.7. The Morgan fingerprint density at radius 1 is 0.375 bits per heavy atom. The van der Waals surface area contributed by atoms with Crippen molar-refractivity contribution in [2.24, 2.45) is 11.8 Å². The lowest BCUT2D eigenvalue weighted by molar-refractivity contribution is 0.791. The zero-order valence-corrected chi connectivity index (χ0v) is 35.3. The molecule has 0 saturated carbocycles. The van der Waals surface area contributed by atoms with Crippen LogP contribution in [0.3, 0.4) is 0 Å². The highest BCUT2D eigenvalue weighted by molar-refractivity contribution is 5.69. The Hall–Kier alpha value is -5.72. The molecule has 0 radical (unpaired) electrons. The second-order valence-electron chi connectivity index (χ2n) is 15.7. The van der Waals surface area contributed by atoms with Crippen molar-refractivity contribution in [1.82, 2.24) is 0 Å². The minimum absolute atomic E-state index is 0.516. The molecule has 4 aliphatic carbocycles. The van der Waals surface area contributed by atoms with E-state index in [4.69, 9.17) is 0 Å². The summed E-state index contributed by atoms with van der Waals surface area (Å²) in [6.45, 7) is 22.4. The van der Waals surface area contributed by atoms with E-state index in [1.54, 1.807) is 0 Å². The second kappa shape index (κ2) is 19.7. The van der Waals surface area contributed by atoms with E-state index in [0.29, 0.717) is 11.8 Å². The Morgan fingerprint density at radius 2 is 0.714 bits per heavy atom.